The molecule has 0 spiro atoms. The fraction of sp³-hybridized carbons (Fsp3) is 1.00. The maximum absolute atomic E-state index is 9.23. The van der Waals surface area contributed by atoms with Crippen LogP contribution in [0.1, 0.15) is 20.8 Å². The molecule has 11 heavy (non-hydrogen) atoms. The average molecular weight is 249 g/mol. The molecule has 5 heteroatoms. The van der Waals surface area contributed by atoms with Crippen LogP contribution in [0, 0.1) is 0 Å². The van der Waals surface area contributed by atoms with E-state index < -0.39 is 18.1 Å². The van der Waals surface area contributed by atoms with E-state index in [2.05, 4.69) is 0 Å². The zero-order valence-corrected chi connectivity index (χ0v) is 10.1. The van der Waals surface area contributed by atoms with Gasteiger partial charge in [0.1, 0.15) is 0 Å². The molecule has 72 valence electrons. The Labute approximate surface area is 70.0 Å². The molecule has 0 rings (SSSR count). The summed E-state index contributed by atoms with van der Waals surface area (Å²) in [4.78, 5) is 27.7. The first-order chi connectivity index (χ1) is 4.93. The van der Waals surface area contributed by atoms with Crippen LogP contribution in [-0.4, -0.2) is 26.6 Å². The van der Waals surface area contributed by atoms with Crippen LogP contribution >= 0.6 is 6.19 Å². The van der Waals surface area contributed by atoms with Gasteiger partial charge in [-0.2, -0.15) is 0 Å². The molecule has 0 fully saturated rings. The standard InChI is InChI=1S/C6H19O3PSe/c1-4-11(5-2,6-3)10(7,8)9/h7-9,11H,4-6H2,1-3H3. The van der Waals surface area contributed by atoms with Crippen molar-refractivity contribution in [1.29, 1.82) is 0 Å². The minimum absolute atomic E-state index is 0.780. The molecule has 0 aromatic rings. The number of rotatable bonds is 3. The fourth-order valence-electron chi connectivity index (χ4n) is 1.24. The first kappa shape index (κ1) is 11.8. The van der Waals surface area contributed by atoms with Crippen molar-refractivity contribution in [3.63, 3.8) is 0 Å². The van der Waals surface area contributed by atoms with Gasteiger partial charge in [0.25, 0.3) is 0 Å². The second-order valence-corrected chi connectivity index (χ2v) is 20.0. The quantitative estimate of drug-likeness (QED) is 0.524. The summed E-state index contributed by atoms with van der Waals surface area (Å²) in [7, 11) is 0. The molecule has 0 heterocycles. The summed E-state index contributed by atoms with van der Waals surface area (Å²) in [5.41, 5.74) is 0. The van der Waals surface area contributed by atoms with E-state index in [1.165, 1.54) is 0 Å². The van der Waals surface area contributed by atoms with Crippen molar-refractivity contribution in [1.82, 2.24) is 0 Å². The number of hydrogen-bond donors (Lipinski definition) is 3. The van der Waals surface area contributed by atoms with Gasteiger partial charge < -0.3 is 0 Å². The Morgan fingerprint density at radius 3 is 1.18 bits per heavy atom. The molecule has 3 nitrogen and oxygen atoms in total. The molecule has 0 radical (unpaired) electrons. The summed E-state index contributed by atoms with van der Waals surface area (Å²) >= 11 is -2.49. The molecule has 0 amide bonds. The van der Waals surface area contributed by atoms with Crippen LogP contribution in [0.4, 0.5) is 0 Å². The van der Waals surface area contributed by atoms with Crippen LogP contribution in [0.5, 0.6) is 0 Å². The molecule has 3 N–H and O–H groups in total. The average Bonchev–Trinajstić information content (AvgIpc) is 1.90. The normalized spacial score (nSPS) is 15.1. The number of hydrogen-bond acceptors (Lipinski definition) is 3. The SMILES string of the molecule is CC[SeH](CC)(CC)=P(O)(O)O. The van der Waals surface area contributed by atoms with Gasteiger partial charge in [0, 0.05) is 0 Å². The molecule has 0 aliphatic heterocycles. The van der Waals surface area contributed by atoms with Crippen LogP contribution in [0.15, 0.2) is 0 Å². The van der Waals surface area contributed by atoms with Crippen LogP contribution in [-0.2, 0) is 0 Å². The third-order valence-corrected chi connectivity index (χ3v) is 22.5. The monoisotopic (exact) mass is 250 g/mol. The van der Waals surface area contributed by atoms with Crippen molar-refractivity contribution < 1.29 is 14.7 Å². The molecule has 0 saturated heterocycles. The molecule has 0 aliphatic carbocycles. The Kier molecular flexibility index (Phi) is 4.49. The van der Waals surface area contributed by atoms with E-state index in [0.717, 1.165) is 16.0 Å². The van der Waals surface area contributed by atoms with Crippen LogP contribution in [0.3, 0.4) is 0 Å². The molecule has 0 aromatic heterocycles. The first-order valence-electron chi connectivity index (χ1n) is 3.87. The summed E-state index contributed by atoms with van der Waals surface area (Å²) in [6.07, 6.45) is -3.48. The van der Waals surface area contributed by atoms with Crippen molar-refractivity contribution in [3.05, 3.63) is 0 Å². The Bertz CT molecular complexity index is 169. The van der Waals surface area contributed by atoms with E-state index in [0.29, 0.717) is 0 Å². The first-order valence-corrected chi connectivity index (χ1v) is 12.0. The molecule has 0 saturated carbocycles. The van der Waals surface area contributed by atoms with Crippen LogP contribution in [0.2, 0.25) is 16.0 Å². The third-order valence-electron chi connectivity index (χ3n) is 2.34. The zero-order valence-electron chi connectivity index (χ0n) is 7.36. The molecular weight excluding hydrogens is 230 g/mol. The zero-order chi connectivity index (χ0) is 9.12. The van der Waals surface area contributed by atoms with Crippen LogP contribution < -0.4 is 0 Å². The van der Waals surface area contributed by atoms with Crippen molar-refractivity contribution in [2.24, 2.45) is 0 Å². The molecule has 0 aromatic carbocycles. The Morgan fingerprint density at radius 2 is 1.18 bits per heavy atom. The second kappa shape index (κ2) is 4.18. The molecule has 0 unspecified atom stereocenters. The van der Waals surface area contributed by atoms with Gasteiger partial charge in [0.2, 0.25) is 0 Å². The topological polar surface area (TPSA) is 60.7 Å². The van der Waals surface area contributed by atoms with Gasteiger partial charge in [-0.05, 0) is 0 Å². The van der Waals surface area contributed by atoms with E-state index in [4.69, 9.17) is 0 Å². The van der Waals surface area contributed by atoms with Gasteiger partial charge in [-0.1, -0.05) is 0 Å². The van der Waals surface area contributed by atoms with Crippen LogP contribution in [0.25, 0.3) is 0 Å². The van der Waals surface area contributed by atoms with E-state index in [9.17, 15) is 14.7 Å². The summed E-state index contributed by atoms with van der Waals surface area (Å²) in [6.45, 7) is 5.83. The van der Waals surface area contributed by atoms with Gasteiger partial charge in [-0.25, -0.2) is 0 Å². The summed E-state index contributed by atoms with van der Waals surface area (Å²) in [5.74, 6) is 0. The van der Waals surface area contributed by atoms with Gasteiger partial charge in [0.15, 0.2) is 0 Å². The summed E-state index contributed by atoms with van der Waals surface area (Å²) in [6, 6.07) is 0. The van der Waals surface area contributed by atoms with Gasteiger partial charge in [0.05, 0.1) is 0 Å². The third kappa shape index (κ3) is 2.38. The summed E-state index contributed by atoms with van der Waals surface area (Å²) in [5, 5.41) is 2.34. The Hall–Kier alpha value is 0.829. The minimum atomic E-state index is -3.48. The molecule has 0 bridgehead atoms. The molecule has 0 aliphatic rings. The molecular formula is C6H19O3PSe. The van der Waals surface area contributed by atoms with Gasteiger partial charge in [-0.15, -0.1) is 0 Å². The predicted molar refractivity (Wildman–Crippen MR) is 52.2 cm³/mol. The van der Waals surface area contributed by atoms with Crippen molar-refractivity contribution in [2.45, 2.75) is 36.7 Å². The van der Waals surface area contributed by atoms with E-state index in [1.807, 2.05) is 20.8 Å². The predicted octanol–water partition coefficient (Wildman–Crippen LogP) is 1.46. The summed E-state index contributed by atoms with van der Waals surface area (Å²) < 4.78 is 0. The van der Waals surface area contributed by atoms with Crippen molar-refractivity contribution in [3.8, 4) is 0 Å². The van der Waals surface area contributed by atoms with Crippen molar-refractivity contribution >= 4 is 18.1 Å². The van der Waals surface area contributed by atoms with Gasteiger partial charge >= 0.3 is 69.5 Å². The van der Waals surface area contributed by atoms with E-state index in [1.54, 1.807) is 0 Å². The van der Waals surface area contributed by atoms with E-state index in [-0.39, 0.29) is 0 Å². The Morgan fingerprint density at radius 1 is 0.909 bits per heavy atom. The molecule has 0 atom stereocenters. The second-order valence-electron chi connectivity index (χ2n) is 2.58. The van der Waals surface area contributed by atoms with Crippen molar-refractivity contribution in [2.75, 3.05) is 0 Å². The Balaban J connectivity index is 5.16. The van der Waals surface area contributed by atoms with E-state index >= 15 is 0 Å². The van der Waals surface area contributed by atoms with Gasteiger partial charge in [-0.3, -0.25) is 0 Å². The fourth-order valence-corrected chi connectivity index (χ4v) is 12.4. The maximum atomic E-state index is 9.23.